The van der Waals surface area contributed by atoms with Crippen LogP contribution in [-0.4, -0.2) is 52.1 Å². The summed E-state index contributed by atoms with van der Waals surface area (Å²) in [4.78, 5) is 32.2. The van der Waals surface area contributed by atoms with Gasteiger partial charge in [0.05, 0.1) is 16.6 Å². The number of amides is 1. The SMILES string of the molecule is CCN(CC)CCn1c(NC(=O)C2Cc3ccccc3C(=O)O2)nc2ccccc21. The monoisotopic (exact) mass is 406 g/mol. The Labute approximate surface area is 175 Å². The summed E-state index contributed by atoms with van der Waals surface area (Å²) in [6.45, 7) is 7.73. The molecule has 4 rings (SSSR count). The molecule has 0 aliphatic carbocycles. The van der Waals surface area contributed by atoms with Crippen molar-refractivity contribution in [1.82, 2.24) is 14.5 Å². The highest BCUT2D eigenvalue weighted by atomic mass is 16.5. The van der Waals surface area contributed by atoms with Gasteiger partial charge in [-0.05, 0) is 36.9 Å². The van der Waals surface area contributed by atoms with Crippen LogP contribution in [0.5, 0.6) is 0 Å². The maximum Gasteiger partial charge on any atom is 0.339 e. The van der Waals surface area contributed by atoms with E-state index < -0.39 is 12.1 Å². The molecule has 1 N–H and O–H groups in total. The van der Waals surface area contributed by atoms with Crippen LogP contribution in [0.2, 0.25) is 0 Å². The van der Waals surface area contributed by atoms with Crippen molar-refractivity contribution in [1.29, 1.82) is 0 Å². The van der Waals surface area contributed by atoms with E-state index in [1.165, 1.54) is 0 Å². The normalized spacial score (nSPS) is 15.8. The van der Waals surface area contributed by atoms with Crippen LogP contribution in [-0.2, 0) is 22.5 Å². The summed E-state index contributed by atoms with van der Waals surface area (Å²) in [5, 5.41) is 2.90. The van der Waals surface area contributed by atoms with Crippen molar-refractivity contribution in [2.75, 3.05) is 25.0 Å². The molecule has 1 aromatic heterocycles. The standard InChI is InChI=1S/C23H26N4O3/c1-3-26(4-2)13-14-27-19-12-8-7-11-18(19)24-23(27)25-21(28)20-15-16-9-5-6-10-17(16)22(29)30-20/h5-12,20H,3-4,13-15H2,1-2H3,(H,24,25,28). The number of fused-ring (bicyclic) bond motifs is 2. The Balaban J connectivity index is 1.57. The molecule has 2 heterocycles. The summed E-state index contributed by atoms with van der Waals surface area (Å²) in [7, 11) is 0. The third kappa shape index (κ3) is 3.93. The van der Waals surface area contributed by atoms with E-state index >= 15 is 0 Å². The Hall–Kier alpha value is -3.19. The van der Waals surface area contributed by atoms with E-state index in [0.717, 1.165) is 36.2 Å². The van der Waals surface area contributed by atoms with Crippen molar-refractivity contribution in [2.24, 2.45) is 0 Å². The Morgan fingerprint density at radius 2 is 1.90 bits per heavy atom. The van der Waals surface area contributed by atoms with Gasteiger partial charge in [0.15, 0.2) is 6.10 Å². The lowest BCUT2D eigenvalue weighted by Crippen LogP contribution is -2.38. The van der Waals surface area contributed by atoms with E-state index in [4.69, 9.17) is 4.74 Å². The first-order chi connectivity index (χ1) is 14.6. The molecule has 7 nitrogen and oxygen atoms in total. The van der Waals surface area contributed by atoms with Crippen LogP contribution < -0.4 is 5.32 Å². The van der Waals surface area contributed by atoms with Crippen LogP contribution in [0.15, 0.2) is 48.5 Å². The van der Waals surface area contributed by atoms with Gasteiger partial charge in [0.1, 0.15) is 0 Å². The number of hydrogen-bond donors (Lipinski definition) is 1. The first-order valence-corrected chi connectivity index (χ1v) is 10.4. The minimum absolute atomic E-state index is 0.355. The fourth-order valence-corrected chi connectivity index (χ4v) is 3.85. The summed E-state index contributed by atoms with van der Waals surface area (Å²) < 4.78 is 7.42. The second-order valence-electron chi connectivity index (χ2n) is 7.35. The maximum atomic E-state index is 13.0. The van der Waals surface area contributed by atoms with E-state index in [0.29, 0.717) is 24.5 Å². The lowest BCUT2D eigenvalue weighted by Gasteiger charge is -2.24. The number of rotatable bonds is 7. The van der Waals surface area contributed by atoms with Crippen molar-refractivity contribution in [3.63, 3.8) is 0 Å². The van der Waals surface area contributed by atoms with Crippen LogP contribution in [0, 0.1) is 0 Å². The van der Waals surface area contributed by atoms with E-state index in [2.05, 4.69) is 29.0 Å². The minimum atomic E-state index is -0.872. The molecular weight excluding hydrogens is 380 g/mol. The van der Waals surface area contributed by atoms with Crippen molar-refractivity contribution in [3.05, 3.63) is 59.7 Å². The molecule has 2 aromatic carbocycles. The summed E-state index contributed by atoms with van der Waals surface area (Å²) in [5.74, 6) is -0.354. The van der Waals surface area contributed by atoms with E-state index in [1.807, 2.05) is 41.0 Å². The van der Waals surface area contributed by atoms with Gasteiger partial charge >= 0.3 is 5.97 Å². The molecule has 0 radical (unpaired) electrons. The van der Waals surface area contributed by atoms with Gasteiger partial charge in [-0.25, -0.2) is 9.78 Å². The zero-order valence-corrected chi connectivity index (χ0v) is 17.3. The number of carbonyl (C=O) groups is 2. The third-order valence-corrected chi connectivity index (χ3v) is 5.61. The van der Waals surface area contributed by atoms with E-state index in [9.17, 15) is 9.59 Å². The predicted octanol–water partition coefficient (Wildman–Crippen LogP) is 3.10. The number of cyclic esters (lactones) is 1. The average molecular weight is 406 g/mol. The largest absolute Gasteiger partial charge is 0.448 e. The average Bonchev–Trinajstić information content (AvgIpc) is 3.11. The Morgan fingerprint density at radius 1 is 1.17 bits per heavy atom. The number of aromatic nitrogens is 2. The number of carbonyl (C=O) groups excluding carboxylic acids is 2. The van der Waals surface area contributed by atoms with Gasteiger partial charge < -0.3 is 14.2 Å². The number of likely N-dealkylation sites (N-methyl/N-ethyl adjacent to an activating group) is 1. The number of benzene rings is 2. The minimum Gasteiger partial charge on any atom is -0.448 e. The number of nitrogens with zero attached hydrogens (tertiary/aromatic N) is 3. The van der Waals surface area contributed by atoms with Crippen LogP contribution in [0.25, 0.3) is 11.0 Å². The number of hydrogen-bond acceptors (Lipinski definition) is 5. The van der Waals surface area contributed by atoms with Crippen molar-refractivity contribution >= 4 is 28.9 Å². The molecule has 30 heavy (non-hydrogen) atoms. The van der Waals surface area contributed by atoms with Gasteiger partial charge in [0.2, 0.25) is 5.95 Å². The molecule has 0 saturated heterocycles. The molecule has 3 aromatic rings. The van der Waals surface area contributed by atoms with Crippen molar-refractivity contribution < 1.29 is 14.3 Å². The van der Waals surface area contributed by atoms with Gasteiger partial charge in [-0.15, -0.1) is 0 Å². The van der Waals surface area contributed by atoms with E-state index in [1.54, 1.807) is 12.1 Å². The summed E-state index contributed by atoms with van der Waals surface area (Å²) in [6, 6.07) is 15.0. The molecule has 1 aliphatic heterocycles. The summed E-state index contributed by atoms with van der Waals surface area (Å²) >= 11 is 0. The first-order valence-electron chi connectivity index (χ1n) is 10.4. The number of esters is 1. The first kappa shape index (κ1) is 20.1. The van der Waals surface area contributed by atoms with Gasteiger partial charge in [-0.1, -0.05) is 44.2 Å². The smallest absolute Gasteiger partial charge is 0.339 e. The summed E-state index contributed by atoms with van der Waals surface area (Å²) in [6.07, 6.45) is -0.517. The highest BCUT2D eigenvalue weighted by molar-refractivity contribution is 6.00. The zero-order chi connectivity index (χ0) is 21.1. The van der Waals surface area contributed by atoms with E-state index in [-0.39, 0.29) is 5.91 Å². The van der Waals surface area contributed by atoms with Crippen LogP contribution >= 0.6 is 0 Å². The summed E-state index contributed by atoms with van der Waals surface area (Å²) in [5.41, 5.74) is 3.13. The van der Waals surface area contributed by atoms with Gasteiger partial charge in [-0.3, -0.25) is 10.1 Å². The molecule has 0 saturated carbocycles. The predicted molar refractivity (Wildman–Crippen MR) is 116 cm³/mol. The molecule has 1 atom stereocenters. The molecule has 1 aliphatic rings. The Morgan fingerprint density at radius 3 is 2.70 bits per heavy atom. The fraction of sp³-hybridized carbons (Fsp3) is 0.348. The number of para-hydroxylation sites is 2. The molecule has 156 valence electrons. The number of nitrogens with one attached hydrogen (secondary N) is 1. The number of imidazole rings is 1. The van der Waals surface area contributed by atoms with Crippen LogP contribution in [0.3, 0.4) is 0 Å². The third-order valence-electron chi connectivity index (χ3n) is 5.61. The Bertz CT molecular complexity index is 1070. The molecule has 7 heteroatoms. The number of anilines is 1. The van der Waals surface area contributed by atoms with Crippen molar-refractivity contribution in [2.45, 2.75) is 32.9 Å². The van der Waals surface area contributed by atoms with Gasteiger partial charge in [-0.2, -0.15) is 0 Å². The molecule has 0 spiro atoms. The topological polar surface area (TPSA) is 76.5 Å². The molecule has 0 bridgehead atoms. The van der Waals surface area contributed by atoms with Gasteiger partial charge in [0.25, 0.3) is 5.91 Å². The second kappa shape index (κ2) is 8.67. The second-order valence-corrected chi connectivity index (χ2v) is 7.35. The lowest BCUT2D eigenvalue weighted by molar-refractivity contribution is -0.125. The Kier molecular flexibility index (Phi) is 5.81. The quantitative estimate of drug-likeness (QED) is 0.610. The zero-order valence-electron chi connectivity index (χ0n) is 17.3. The van der Waals surface area contributed by atoms with Crippen LogP contribution in [0.4, 0.5) is 5.95 Å². The fourth-order valence-electron chi connectivity index (χ4n) is 3.85. The molecule has 0 fully saturated rings. The van der Waals surface area contributed by atoms with Crippen LogP contribution in [0.1, 0.15) is 29.8 Å². The maximum absolute atomic E-state index is 13.0. The number of ether oxygens (including phenoxy) is 1. The lowest BCUT2D eigenvalue weighted by atomic mass is 9.98. The highest BCUT2D eigenvalue weighted by Gasteiger charge is 2.31. The molecular formula is C23H26N4O3. The molecule has 1 amide bonds. The van der Waals surface area contributed by atoms with Crippen molar-refractivity contribution in [3.8, 4) is 0 Å². The highest BCUT2D eigenvalue weighted by Crippen LogP contribution is 2.23. The van der Waals surface area contributed by atoms with Gasteiger partial charge in [0, 0.05) is 19.5 Å². The molecule has 1 unspecified atom stereocenters.